The van der Waals surface area contributed by atoms with E-state index in [4.69, 9.17) is 20.5 Å². The monoisotopic (exact) mass is 293 g/mol. The van der Waals surface area contributed by atoms with E-state index in [1.165, 1.54) is 4.90 Å². The van der Waals surface area contributed by atoms with E-state index in [1.807, 2.05) is 0 Å². The van der Waals surface area contributed by atoms with Crippen LogP contribution < -0.4 is 15.0 Å². The van der Waals surface area contributed by atoms with Crippen molar-refractivity contribution in [2.75, 3.05) is 17.3 Å². The molecule has 108 valence electrons. The highest BCUT2D eigenvalue weighted by molar-refractivity contribution is 5.99. The van der Waals surface area contributed by atoms with Crippen molar-refractivity contribution in [3.63, 3.8) is 0 Å². The van der Waals surface area contributed by atoms with E-state index in [0.717, 1.165) is 0 Å². The lowest BCUT2D eigenvalue weighted by Gasteiger charge is -2.30. The van der Waals surface area contributed by atoms with Gasteiger partial charge in [-0.05, 0) is 19.1 Å². The zero-order valence-electron chi connectivity index (χ0n) is 11.9. The minimum absolute atomic E-state index is 0.141. The number of amides is 1. The van der Waals surface area contributed by atoms with Crippen molar-refractivity contribution in [1.29, 1.82) is 15.8 Å². The summed E-state index contributed by atoms with van der Waals surface area (Å²) in [5, 5.41) is 29.3. The lowest BCUT2D eigenvalue weighted by molar-refractivity contribution is -0.125. The van der Waals surface area contributed by atoms with Crippen LogP contribution in [0.4, 0.5) is 11.4 Å². The van der Waals surface area contributed by atoms with Crippen molar-refractivity contribution in [3.8, 4) is 24.0 Å². The number of likely N-dealkylation sites (N-methyl/N-ethyl adjacent to an activating group) is 1. The lowest BCUT2D eigenvalue weighted by Crippen LogP contribution is -2.41. The van der Waals surface area contributed by atoms with Crippen LogP contribution in [0.5, 0.6) is 5.75 Å². The number of nitrogens with zero attached hydrogens (tertiary/aromatic N) is 4. The standard InChI is InChI=1S/C15H11N5O2/c1-9-15(21)20(2)13-4-3-11(5-14(13)22-9)19-12(8-18)10(6-16)7-17/h3-5,9,19H,1-2H3. The van der Waals surface area contributed by atoms with E-state index in [9.17, 15) is 4.79 Å². The maximum absolute atomic E-state index is 11.8. The molecule has 1 aromatic carbocycles. The van der Waals surface area contributed by atoms with Gasteiger partial charge < -0.3 is 15.0 Å². The lowest BCUT2D eigenvalue weighted by atomic mass is 10.1. The number of nitriles is 3. The number of hydrogen-bond acceptors (Lipinski definition) is 6. The van der Waals surface area contributed by atoms with Gasteiger partial charge in [-0.15, -0.1) is 0 Å². The highest BCUT2D eigenvalue weighted by atomic mass is 16.5. The van der Waals surface area contributed by atoms with E-state index in [0.29, 0.717) is 17.1 Å². The molecule has 0 radical (unpaired) electrons. The minimum Gasteiger partial charge on any atom is -0.479 e. The molecule has 0 bridgehead atoms. The van der Waals surface area contributed by atoms with Gasteiger partial charge in [0.25, 0.3) is 5.91 Å². The number of carbonyl (C=O) groups is 1. The second-order valence-electron chi connectivity index (χ2n) is 4.55. The number of allylic oxidation sites excluding steroid dienone is 2. The average Bonchev–Trinajstić information content (AvgIpc) is 2.52. The van der Waals surface area contributed by atoms with Gasteiger partial charge in [0.15, 0.2) is 11.7 Å². The molecular weight excluding hydrogens is 282 g/mol. The highest BCUT2D eigenvalue weighted by Crippen LogP contribution is 2.35. The Bertz CT molecular complexity index is 776. The van der Waals surface area contributed by atoms with Crippen LogP contribution in [-0.2, 0) is 4.79 Å². The van der Waals surface area contributed by atoms with Gasteiger partial charge in [-0.3, -0.25) is 4.79 Å². The molecule has 1 unspecified atom stereocenters. The summed E-state index contributed by atoms with van der Waals surface area (Å²) in [5.41, 5.74) is 0.644. The first kappa shape index (κ1) is 14.9. The van der Waals surface area contributed by atoms with Crippen molar-refractivity contribution in [2.24, 2.45) is 0 Å². The zero-order chi connectivity index (χ0) is 16.3. The number of ether oxygens (including phenoxy) is 1. The van der Waals surface area contributed by atoms with Crippen LogP contribution in [0.15, 0.2) is 29.5 Å². The molecule has 1 aliphatic heterocycles. The molecule has 0 aliphatic carbocycles. The number of nitrogens with one attached hydrogen (secondary N) is 1. The smallest absolute Gasteiger partial charge is 0.267 e. The van der Waals surface area contributed by atoms with E-state index in [-0.39, 0.29) is 17.2 Å². The van der Waals surface area contributed by atoms with E-state index in [2.05, 4.69) is 5.32 Å². The Morgan fingerprint density at radius 2 is 1.95 bits per heavy atom. The summed E-state index contributed by atoms with van der Waals surface area (Å²) in [5.74, 6) is 0.328. The van der Waals surface area contributed by atoms with Gasteiger partial charge in [-0.25, -0.2) is 0 Å². The molecule has 1 heterocycles. The number of benzene rings is 1. The fraction of sp³-hybridized carbons (Fsp3) is 0.200. The normalized spacial score (nSPS) is 15.5. The number of rotatable bonds is 2. The zero-order valence-corrected chi connectivity index (χ0v) is 11.9. The molecule has 1 atom stereocenters. The first-order valence-electron chi connectivity index (χ1n) is 6.31. The van der Waals surface area contributed by atoms with Crippen molar-refractivity contribution in [3.05, 3.63) is 29.5 Å². The second kappa shape index (κ2) is 5.87. The number of carbonyl (C=O) groups excluding carboxylic acids is 1. The van der Waals surface area contributed by atoms with E-state index in [1.54, 1.807) is 50.4 Å². The molecule has 7 heteroatoms. The Morgan fingerprint density at radius 1 is 1.27 bits per heavy atom. The fourth-order valence-corrected chi connectivity index (χ4v) is 2.02. The highest BCUT2D eigenvalue weighted by Gasteiger charge is 2.28. The molecule has 22 heavy (non-hydrogen) atoms. The van der Waals surface area contributed by atoms with E-state index >= 15 is 0 Å². The number of fused-ring (bicyclic) bond motifs is 1. The maximum atomic E-state index is 11.8. The van der Waals surface area contributed by atoms with Crippen molar-refractivity contribution in [1.82, 2.24) is 0 Å². The quantitative estimate of drug-likeness (QED) is 0.830. The first-order valence-corrected chi connectivity index (χ1v) is 6.31. The van der Waals surface area contributed by atoms with Crippen molar-refractivity contribution >= 4 is 17.3 Å². The van der Waals surface area contributed by atoms with Gasteiger partial charge in [-0.1, -0.05) is 0 Å². The molecule has 1 aliphatic rings. The van der Waals surface area contributed by atoms with Gasteiger partial charge in [0, 0.05) is 18.8 Å². The molecule has 1 N–H and O–H groups in total. The Labute approximate surface area is 127 Å². The molecular formula is C15H11N5O2. The van der Waals surface area contributed by atoms with Gasteiger partial charge in [0.2, 0.25) is 0 Å². The molecule has 7 nitrogen and oxygen atoms in total. The van der Waals surface area contributed by atoms with Gasteiger partial charge in [0.05, 0.1) is 5.69 Å². The van der Waals surface area contributed by atoms with Gasteiger partial charge >= 0.3 is 0 Å². The van der Waals surface area contributed by atoms with Crippen molar-refractivity contribution in [2.45, 2.75) is 13.0 Å². The summed E-state index contributed by atoms with van der Waals surface area (Å²) in [4.78, 5) is 13.3. The Balaban J connectivity index is 2.38. The van der Waals surface area contributed by atoms with Crippen LogP contribution in [0.2, 0.25) is 0 Å². The fourth-order valence-electron chi connectivity index (χ4n) is 2.02. The van der Waals surface area contributed by atoms with Crippen LogP contribution in [-0.4, -0.2) is 19.1 Å². The molecule has 1 amide bonds. The van der Waals surface area contributed by atoms with Crippen LogP contribution in [0.25, 0.3) is 0 Å². The summed E-state index contributed by atoms with van der Waals surface area (Å²) in [7, 11) is 1.65. The third-order valence-electron chi connectivity index (χ3n) is 3.16. The summed E-state index contributed by atoms with van der Waals surface area (Å²) in [6.45, 7) is 1.64. The summed E-state index contributed by atoms with van der Waals surface area (Å²) < 4.78 is 5.52. The number of hydrogen-bond donors (Lipinski definition) is 1. The van der Waals surface area contributed by atoms with Gasteiger partial charge in [-0.2, -0.15) is 15.8 Å². The molecule has 0 saturated carbocycles. The molecule has 2 rings (SSSR count). The third-order valence-corrected chi connectivity index (χ3v) is 3.16. The largest absolute Gasteiger partial charge is 0.479 e. The Hall–Kier alpha value is -3.50. The van der Waals surface area contributed by atoms with Gasteiger partial charge in [0.1, 0.15) is 29.7 Å². The van der Waals surface area contributed by atoms with Crippen LogP contribution in [0.1, 0.15) is 6.92 Å². The predicted molar refractivity (Wildman–Crippen MR) is 77.4 cm³/mol. The molecule has 1 aromatic rings. The van der Waals surface area contributed by atoms with Crippen LogP contribution >= 0.6 is 0 Å². The molecule has 0 spiro atoms. The van der Waals surface area contributed by atoms with Crippen LogP contribution in [0, 0.1) is 34.0 Å². The first-order chi connectivity index (χ1) is 10.5. The van der Waals surface area contributed by atoms with Crippen molar-refractivity contribution < 1.29 is 9.53 Å². The Kier molecular flexibility index (Phi) is 3.97. The maximum Gasteiger partial charge on any atom is 0.267 e. The number of anilines is 2. The molecule has 0 fully saturated rings. The molecule has 0 aromatic heterocycles. The summed E-state index contributed by atoms with van der Waals surface area (Å²) in [6.07, 6.45) is -0.604. The van der Waals surface area contributed by atoms with Crippen LogP contribution in [0.3, 0.4) is 0 Å². The SMILES string of the molecule is CC1Oc2cc(NC(C#N)=C(C#N)C#N)ccc2N(C)C1=O. The topological polar surface area (TPSA) is 113 Å². The Morgan fingerprint density at radius 3 is 2.55 bits per heavy atom. The minimum atomic E-state index is -0.604. The average molecular weight is 293 g/mol. The third kappa shape index (κ3) is 2.54. The summed E-state index contributed by atoms with van der Waals surface area (Å²) >= 11 is 0. The summed E-state index contributed by atoms with van der Waals surface area (Å²) in [6, 6.07) is 9.99. The molecule has 0 saturated heterocycles. The predicted octanol–water partition coefficient (Wildman–Crippen LogP) is 1.67. The second-order valence-corrected chi connectivity index (χ2v) is 4.55. The van der Waals surface area contributed by atoms with E-state index < -0.39 is 6.10 Å².